The molecule has 1 amide bonds. The van der Waals surface area contributed by atoms with Gasteiger partial charge in [-0.15, -0.1) is 12.4 Å². The van der Waals surface area contributed by atoms with Crippen LogP contribution in [0.5, 0.6) is 5.75 Å². The van der Waals surface area contributed by atoms with E-state index in [1.807, 2.05) is 53.4 Å². The van der Waals surface area contributed by atoms with Gasteiger partial charge in [-0.05, 0) is 31.2 Å². The van der Waals surface area contributed by atoms with Crippen LogP contribution in [0.4, 0.5) is 0 Å². The van der Waals surface area contributed by atoms with Crippen LogP contribution in [0, 0.1) is 0 Å². The first-order valence-electron chi connectivity index (χ1n) is 8.21. The standard InChI is InChI=1S/C19H21ClN2O2.ClH/c20-17-8-3-1-6-15(17)14-24-18-9-4-2-7-16(18)19(23)22-12-5-10-21-11-13-22;/h1-4,6-9,21H,5,10-14H2;1H. The molecule has 0 atom stereocenters. The van der Waals surface area contributed by atoms with Crippen LogP contribution in [0.1, 0.15) is 22.3 Å². The fourth-order valence-corrected chi connectivity index (χ4v) is 2.95. The maximum absolute atomic E-state index is 12.8. The van der Waals surface area contributed by atoms with Crippen molar-refractivity contribution >= 4 is 29.9 Å². The molecule has 0 saturated carbocycles. The maximum Gasteiger partial charge on any atom is 0.257 e. The van der Waals surface area contributed by atoms with Crippen LogP contribution in [0.15, 0.2) is 48.5 Å². The Labute approximate surface area is 159 Å². The smallest absolute Gasteiger partial charge is 0.257 e. The zero-order valence-corrected chi connectivity index (χ0v) is 15.5. The van der Waals surface area contributed by atoms with Gasteiger partial charge in [0, 0.05) is 30.2 Å². The van der Waals surface area contributed by atoms with Crippen LogP contribution in [0.25, 0.3) is 0 Å². The molecule has 1 N–H and O–H groups in total. The molecule has 1 fully saturated rings. The lowest BCUT2D eigenvalue weighted by Crippen LogP contribution is -2.34. The van der Waals surface area contributed by atoms with Crippen molar-refractivity contribution in [2.24, 2.45) is 0 Å². The number of rotatable bonds is 4. The Balaban J connectivity index is 0.00000225. The zero-order chi connectivity index (χ0) is 16.8. The molecule has 0 spiro atoms. The van der Waals surface area contributed by atoms with E-state index in [0.29, 0.717) is 22.9 Å². The van der Waals surface area contributed by atoms with Crippen LogP contribution < -0.4 is 10.1 Å². The molecule has 6 heteroatoms. The minimum atomic E-state index is 0. The molecule has 134 valence electrons. The number of carbonyl (C=O) groups is 1. The normalized spacial score (nSPS) is 14.4. The average Bonchev–Trinajstić information content (AvgIpc) is 2.90. The third kappa shape index (κ3) is 5.11. The molecule has 4 nitrogen and oxygen atoms in total. The van der Waals surface area contributed by atoms with Gasteiger partial charge < -0.3 is 15.0 Å². The molecule has 0 bridgehead atoms. The van der Waals surface area contributed by atoms with Crippen molar-refractivity contribution in [2.45, 2.75) is 13.0 Å². The topological polar surface area (TPSA) is 41.6 Å². The molecular formula is C19H22Cl2N2O2. The summed E-state index contributed by atoms with van der Waals surface area (Å²) in [7, 11) is 0. The van der Waals surface area contributed by atoms with E-state index in [0.717, 1.165) is 38.2 Å². The van der Waals surface area contributed by atoms with Gasteiger partial charge in [0.05, 0.1) is 5.56 Å². The van der Waals surface area contributed by atoms with E-state index >= 15 is 0 Å². The number of benzene rings is 2. The highest BCUT2D eigenvalue weighted by molar-refractivity contribution is 6.31. The predicted molar refractivity (Wildman–Crippen MR) is 103 cm³/mol. The van der Waals surface area contributed by atoms with Crippen molar-refractivity contribution in [3.63, 3.8) is 0 Å². The summed E-state index contributed by atoms with van der Waals surface area (Å²) < 4.78 is 5.90. The van der Waals surface area contributed by atoms with Crippen molar-refractivity contribution in [3.8, 4) is 5.75 Å². The Hall–Kier alpha value is -1.75. The summed E-state index contributed by atoms with van der Waals surface area (Å²) in [5.41, 5.74) is 1.51. The summed E-state index contributed by atoms with van der Waals surface area (Å²) in [5.74, 6) is 0.619. The molecule has 0 unspecified atom stereocenters. The van der Waals surface area contributed by atoms with Crippen LogP contribution in [-0.4, -0.2) is 37.0 Å². The van der Waals surface area contributed by atoms with Crippen molar-refractivity contribution in [1.29, 1.82) is 0 Å². The number of nitrogens with zero attached hydrogens (tertiary/aromatic N) is 1. The van der Waals surface area contributed by atoms with E-state index in [1.165, 1.54) is 0 Å². The fraction of sp³-hybridized carbons (Fsp3) is 0.316. The highest BCUT2D eigenvalue weighted by atomic mass is 35.5. The first-order valence-corrected chi connectivity index (χ1v) is 8.59. The maximum atomic E-state index is 12.8. The van der Waals surface area contributed by atoms with Gasteiger partial charge in [-0.25, -0.2) is 0 Å². The van der Waals surface area contributed by atoms with E-state index in [2.05, 4.69) is 5.32 Å². The largest absolute Gasteiger partial charge is 0.488 e. The predicted octanol–water partition coefficient (Wildman–Crippen LogP) is 3.78. The van der Waals surface area contributed by atoms with Crippen molar-refractivity contribution < 1.29 is 9.53 Å². The summed E-state index contributed by atoms with van der Waals surface area (Å²) in [4.78, 5) is 14.7. The fourth-order valence-electron chi connectivity index (χ4n) is 2.76. The summed E-state index contributed by atoms with van der Waals surface area (Å²) in [6, 6.07) is 15.0. The van der Waals surface area contributed by atoms with Gasteiger partial charge in [0.2, 0.25) is 0 Å². The number of halogens is 2. The Bertz CT molecular complexity index is 701. The Morgan fingerprint density at radius 3 is 2.68 bits per heavy atom. The summed E-state index contributed by atoms with van der Waals surface area (Å²) in [6.07, 6.45) is 0.967. The van der Waals surface area contributed by atoms with E-state index in [-0.39, 0.29) is 18.3 Å². The van der Waals surface area contributed by atoms with Crippen LogP contribution >= 0.6 is 24.0 Å². The number of para-hydroxylation sites is 1. The minimum absolute atomic E-state index is 0. The second-order valence-electron chi connectivity index (χ2n) is 5.77. The van der Waals surface area contributed by atoms with E-state index in [4.69, 9.17) is 16.3 Å². The van der Waals surface area contributed by atoms with E-state index < -0.39 is 0 Å². The third-order valence-electron chi connectivity index (χ3n) is 4.09. The number of ether oxygens (including phenoxy) is 1. The lowest BCUT2D eigenvalue weighted by atomic mass is 10.1. The van der Waals surface area contributed by atoms with Gasteiger partial charge in [0.1, 0.15) is 12.4 Å². The molecular weight excluding hydrogens is 359 g/mol. The lowest BCUT2D eigenvalue weighted by molar-refractivity contribution is 0.0761. The first-order chi connectivity index (χ1) is 11.8. The Morgan fingerprint density at radius 1 is 1.08 bits per heavy atom. The number of hydrogen-bond acceptors (Lipinski definition) is 3. The number of carbonyl (C=O) groups excluding carboxylic acids is 1. The molecule has 3 rings (SSSR count). The molecule has 2 aromatic carbocycles. The van der Waals surface area contributed by atoms with Crippen molar-refractivity contribution in [3.05, 3.63) is 64.7 Å². The second kappa shape index (κ2) is 9.66. The first kappa shape index (κ1) is 19.6. The molecule has 0 aliphatic carbocycles. The average molecular weight is 381 g/mol. The SMILES string of the molecule is Cl.O=C(c1ccccc1OCc1ccccc1Cl)N1CCCNCC1. The lowest BCUT2D eigenvalue weighted by Gasteiger charge is -2.21. The van der Waals surface area contributed by atoms with Gasteiger partial charge >= 0.3 is 0 Å². The van der Waals surface area contributed by atoms with Crippen LogP contribution in [0.3, 0.4) is 0 Å². The molecule has 0 radical (unpaired) electrons. The number of nitrogens with one attached hydrogen (secondary N) is 1. The van der Waals surface area contributed by atoms with Crippen LogP contribution in [-0.2, 0) is 6.61 Å². The number of hydrogen-bond donors (Lipinski definition) is 1. The molecule has 1 saturated heterocycles. The number of amides is 1. The molecule has 2 aromatic rings. The van der Waals surface area contributed by atoms with Gasteiger partial charge in [0.25, 0.3) is 5.91 Å². The Morgan fingerprint density at radius 2 is 1.84 bits per heavy atom. The monoisotopic (exact) mass is 380 g/mol. The molecule has 1 heterocycles. The van der Waals surface area contributed by atoms with Gasteiger partial charge in [-0.3, -0.25) is 4.79 Å². The summed E-state index contributed by atoms with van der Waals surface area (Å²) >= 11 is 6.17. The van der Waals surface area contributed by atoms with Gasteiger partial charge in [0.15, 0.2) is 0 Å². The van der Waals surface area contributed by atoms with Crippen molar-refractivity contribution in [1.82, 2.24) is 10.2 Å². The zero-order valence-electron chi connectivity index (χ0n) is 13.9. The van der Waals surface area contributed by atoms with Gasteiger partial charge in [-0.2, -0.15) is 0 Å². The van der Waals surface area contributed by atoms with Crippen molar-refractivity contribution in [2.75, 3.05) is 26.2 Å². The van der Waals surface area contributed by atoms with E-state index in [9.17, 15) is 4.79 Å². The minimum Gasteiger partial charge on any atom is -0.488 e. The molecule has 1 aliphatic heterocycles. The highest BCUT2D eigenvalue weighted by Gasteiger charge is 2.20. The quantitative estimate of drug-likeness (QED) is 0.877. The summed E-state index contributed by atoms with van der Waals surface area (Å²) in [6.45, 7) is 3.61. The van der Waals surface area contributed by atoms with Gasteiger partial charge in [-0.1, -0.05) is 41.9 Å². The Kier molecular flexibility index (Phi) is 7.56. The second-order valence-corrected chi connectivity index (χ2v) is 6.18. The third-order valence-corrected chi connectivity index (χ3v) is 4.45. The van der Waals surface area contributed by atoms with Crippen LogP contribution in [0.2, 0.25) is 5.02 Å². The highest BCUT2D eigenvalue weighted by Crippen LogP contribution is 2.23. The molecule has 1 aliphatic rings. The molecule has 25 heavy (non-hydrogen) atoms. The summed E-state index contributed by atoms with van der Waals surface area (Å²) in [5, 5.41) is 3.98. The van der Waals surface area contributed by atoms with E-state index in [1.54, 1.807) is 0 Å². The molecule has 0 aromatic heterocycles.